The van der Waals surface area contributed by atoms with Crippen molar-refractivity contribution in [1.82, 2.24) is 19.8 Å². The van der Waals surface area contributed by atoms with Crippen molar-refractivity contribution in [1.29, 1.82) is 0 Å². The first kappa shape index (κ1) is 21.4. The lowest BCUT2D eigenvalue weighted by atomic mass is 9.96. The number of carbonyl (C=O) groups excluding carboxylic acids is 1. The molecule has 7 nitrogen and oxygen atoms in total. The Hall–Kier alpha value is -3.45. The van der Waals surface area contributed by atoms with Crippen LogP contribution in [0.4, 0.5) is 11.8 Å². The van der Waals surface area contributed by atoms with Gasteiger partial charge in [0.25, 0.3) is 0 Å². The van der Waals surface area contributed by atoms with Crippen LogP contribution in [0, 0.1) is 0 Å². The molecule has 0 saturated carbocycles. The van der Waals surface area contributed by atoms with E-state index >= 15 is 0 Å². The fourth-order valence-corrected chi connectivity index (χ4v) is 4.61. The molecule has 5 rings (SSSR count). The Kier molecular flexibility index (Phi) is 5.96. The molecule has 0 aliphatic carbocycles. The molecule has 0 atom stereocenters. The van der Waals surface area contributed by atoms with E-state index in [0.717, 1.165) is 61.8 Å². The summed E-state index contributed by atoms with van der Waals surface area (Å²) in [5.74, 6) is 1.34. The van der Waals surface area contributed by atoms with Gasteiger partial charge in [-0.05, 0) is 36.2 Å². The standard InChI is InChI=1S/C26H30N6O/c1-30-11-13-31(14-12-30)24-17-23(28-26(27)29-24)21-8-7-20-9-10-32(18-22(20)16-21)25(33)15-19-5-3-2-4-6-19/h2-8,16-17H,9-15,18H2,1H3,(H2,27,28,29). The number of hydrogen-bond acceptors (Lipinski definition) is 6. The van der Waals surface area contributed by atoms with Gasteiger partial charge in [-0.15, -0.1) is 0 Å². The molecule has 2 aliphatic rings. The molecule has 1 aromatic heterocycles. The third-order valence-electron chi connectivity index (χ3n) is 6.62. The van der Waals surface area contributed by atoms with Gasteiger partial charge in [-0.2, -0.15) is 4.98 Å². The molecule has 2 aromatic carbocycles. The highest BCUT2D eigenvalue weighted by atomic mass is 16.2. The second-order valence-corrected chi connectivity index (χ2v) is 8.97. The van der Waals surface area contributed by atoms with Crippen LogP contribution < -0.4 is 10.6 Å². The molecule has 1 amide bonds. The summed E-state index contributed by atoms with van der Waals surface area (Å²) in [5, 5.41) is 0. The van der Waals surface area contributed by atoms with Crippen molar-refractivity contribution in [2.75, 3.05) is 50.4 Å². The van der Waals surface area contributed by atoms with Gasteiger partial charge in [0, 0.05) is 50.9 Å². The minimum atomic E-state index is 0.167. The van der Waals surface area contributed by atoms with Crippen molar-refractivity contribution >= 4 is 17.7 Å². The number of amides is 1. The minimum Gasteiger partial charge on any atom is -0.368 e. The molecule has 2 N–H and O–H groups in total. The zero-order valence-electron chi connectivity index (χ0n) is 19.1. The summed E-state index contributed by atoms with van der Waals surface area (Å²) in [4.78, 5) is 28.5. The predicted octanol–water partition coefficient (Wildman–Crippen LogP) is 2.61. The predicted molar refractivity (Wildman–Crippen MR) is 131 cm³/mol. The first-order valence-corrected chi connectivity index (χ1v) is 11.6. The molecule has 0 unspecified atom stereocenters. The highest BCUT2D eigenvalue weighted by Gasteiger charge is 2.22. The topological polar surface area (TPSA) is 78.6 Å². The fourth-order valence-electron chi connectivity index (χ4n) is 4.61. The van der Waals surface area contributed by atoms with Crippen LogP contribution in [-0.2, 0) is 24.2 Å². The van der Waals surface area contributed by atoms with E-state index in [2.05, 4.69) is 45.0 Å². The Morgan fingerprint density at radius 3 is 2.52 bits per heavy atom. The average molecular weight is 443 g/mol. The van der Waals surface area contributed by atoms with E-state index in [4.69, 9.17) is 5.73 Å². The Morgan fingerprint density at radius 2 is 1.73 bits per heavy atom. The van der Waals surface area contributed by atoms with Crippen molar-refractivity contribution < 1.29 is 4.79 Å². The number of aromatic nitrogens is 2. The maximum Gasteiger partial charge on any atom is 0.227 e. The van der Waals surface area contributed by atoms with Gasteiger partial charge in [-0.1, -0.05) is 42.5 Å². The lowest BCUT2D eigenvalue weighted by Gasteiger charge is -2.33. The summed E-state index contributed by atoms with van der Waals surface area (Å²) in [5.41, 5.74) is 11.5. The molecule has 0 radical (unpaired) electrons. The van der Waals surface area contributed by atoms with Gasteiger partial charge in [-0.25, -0.2) is 4.98 Å². The van der Waals surface area contributed by atoms with Crippen LogP contribution in [0.1, 0.15) is 16.7 Å². The molecular formula is C26H30N6O. The van der Waals surface area contributed by atoms with Crippen LogP contribution in [-0.4, -0.2) is 65.4 Å². The zero-order chi connectivity index (χ0) is 22.8. The molecule has 170 valence electrons. The van der Waals surface area contributed by atoms with E-state index in [1.807, 2.05) is 41.3 Å². The number of likely N-dealkylation sites (N-methyl/N-ethyl adjacent to an activating group) is 1. The Labute approximate surface area is 194 Å². The molecular weight excluding hydrogens is 412 g/mol. The Bertz CT molecular complexity index is 1140. The van der Waals surface area contributed by atoms with Crippen LogP contribution >= 0.6 is 0 Å². The van der Waals surface area contributed by atoms with Crippen molar-refractivity contribution in [3.63, 3.8) is 0 Å². The summed E-state index contributed by atoms with van der Waals surface area (Å²) in [7, 11) is 2.14. The van der Waals surface area contributed by atoms with E-state index < -0.39 is 0 Å². The normalized spacial score (nSPS) is 16.5. The van der Waals surface area contributed by atoms with Crippen molar-refractivity contribution in [2.24, 2.45) is 0 Å². The number of fused-ring (bicyclic) bond motifs is 1. The van der Waals surface area contributed by atoms with E-state index in [1.165, 1.54) is 11.1 Å². The van der Waals surface area contributed by atoms with Gasteiger partial charge in [0.15, 0.2) is 0 Å². The number of benzene rings is 2. The molecule has 0 spiro atoms. The first-order chi connectivity index (χ1) is 16.0. The quantitative estimate of drug-likeness (QED) is 0.669. The van der Waals surface area contributed by atoms with Crippen LogP contribution in [0.15, 0.2) is 54.6 Å². The molecule has 3 aromatic rings. The van der Waals surface area contributed by atoms with Gasteiger partial charge in [0.2, 0.25) is 11.9 Å². The van der Waals surface area contributed by atoms with Crippen molar-refractivity contribution in [3.8, 4) is 11.3 Å². The SMILES string of the molecule is CN1CCN(c2cc(-c3ccc4c(c3)CN(C(=O)Cc3ccccc3)CC4)nc(N)n2)CC1. The first-order valence-electron chi connectivity index (χ1n) is 11.6. The summed E-state index contributed by atoms with van der Waals surface area (Å²) in [6, 6.07) is 18.4. The number of piperazine rings is 1. The van der Waals surface area contributed by atoms with Crippen LogP contribution in [0.2, 0.25) is 0 Å². The molecule has 33 heavy (non-hydrogen) atoms. The van der Waals surface area contributed by atoms with Crippen molar-refractivity contribution in [3.05, 3.63) is 71.3 Å². The third kappa shape index (κ3) is 4.83. The molecule has 0 bridgehead atoms. The van der Waals surface area contributed by atoms with Gasteiger partial charge in [0.05, 0.1) is 12.1 Å². The minimum absolute atomic E-state index is 0.167. The Morgan fingerprint density at radius 1 is 0.939 bits per heavy atom. The summed E-state index contributed by atoms with van der Waals surface area (Å²) in [6.45, 7) is 5.24. The third-order valence-corrected chi connectivity index (χ3v) is 6.62. The van der Waals surface area contributed by atoms with Crippen LogP contribution in [0.5, 0.6) is 0 Å². The highest BCUT2D eigenvalue weighted by molar-refractivity contribution is 5.79. The zero-order valence-corrected chi connectivity index (χ0v) is 19.1. The molecule has 1 fully saturated rings. The second kappa shape index (κ2) is 9.19. The maximum atomic E-state index is 12.9. The molecule has 2 aliphatic heterocycles. The van der Waals surface area contributed by atoms with E-state index in [-0.39, 0.29) is 5.91 Å². The number of anilines is 2. The number of nitrogens with two attached hydrogens (primary N) is 1. The van der Waals surface area contributed by atoms with Gasteiger partial charge in [-0.3, -0.25) is 4.79 Å². The summed E-state index contributed by atoms with van der Waals surface area (Å²) >= 11 is 0. The molecule has 1 saturated heterocycles. The van der Waals surface area contributed by atoms with Crippen LogP contribution in [0.3, 0.4) is 0 Å². The largest absolute Gasteiger partial charge is 0.368 e. The molecule has 3 heterocycles. The molecule has 7 heteroatoms. The smallest absolute Gasteiger partial charge is 0.227 e. The van der Waals surface area contributed by atoms with E-state index in [1.54, 1.807) is 0 Å². The fraction of sp³-hybridized carbons (Fsp3) is 0.346. The number of carbonyl (C=O) groups is 1. The second-order valence-electron chi connectivity index (χ2n) is 8.97. The van der Waals surface area contributed by atoms with Crippen molar-refractivity contribution in [2.45, 2.75) is 19.4 Å². The lowest BCUT2D eigenvalue weighted by molar-refractivity contribution is -0.131. The monoisotopic (exact) mass is 442 g/mol. The highest BCUT2D eigenvalue weighted by Crippen LogP contribution is 2.28. The number of hydrogen-bond donors (Lipinski definition) is 1. The number of nitrogen functional groups attached to an aromatic ring is 1. The maximum absolute atomic E-state index is 12.9. The van der Waals surface area contributed by atoms with Crippen LogP contribution in [0.25, 0.3) is 11.3 Å². The summed E-state index contributed by atoms with van der Waals surface area (Å²) < 4.78 is 0. The summed E-state index contributed by atoms with van der Waals surface area (Å²) in [6.07, 6.45) is 1.31. The Balaban J connectivity index is 1.36. The van der Waals surface area contributed by atoms with Gasteiger partial charge in [0.1, 0.15) is 5.82 Å². The number of nitrogens with zero attached hydrogens (tertiary/aromatic N) is 5. The van der Waals surface area contributed by atoms with Gasteiger partial charge >= 0.3 is 0 Å². The lowest BCUT2D eigenvalue weighted by Crippen LogP contribution is -2.44. The van der Waals surface area contributed by atoms with E-state index in [0.29, 0.717) is 18.9 Å². The average Bonchev–Trinajstić information content (AvgIpc) is 2.84. The number of rotatable bonds is 4. The van der Waals surface area contributed by atoms with E-state index in [9.17, 15) is 4.79 Å². The van der Waals surface area contributed by atoms with Gasteiger partial charge < -0.3 is 20.4 Å².